The summed E-state index contributed by atoms with van der Waals surface area (Å²) in [5, 5.41) is 11.7. The molecule has 0 aromatic rings. The van der Waals surface area contributed by atoms with E-state index in [9.17, 15) is 4.79 Å². The molecule has 0 bridgehead atoms. The van der Waals surface area contributed by atoms with E-state index in [2.05, 4.69) is 19.2 Å². The Hall–Kier alpha value is -0.610. The highest BCUT2D eigenvalue weighted by molar-refractivity contribution is 5.67. The van der Waals surface area contributed by atoms with Crippen molar-refractivity contribution in [1.82, 2.24) is 5.32 Å². The molecule has 13 heavy (non-hydrogen) atoms. The van der Waals surface area contributed by atoms with Gasteiger partial charge in [-0.1, -0.05) is 6.92 Å². The largest absolute Gasteiger partial charge is 0.481 e. The van der Waals surface area contributed by atoms with E-state index in [4.69, 9.17) is 9.84 Å². The number of carboxylic acids is 1. The number of aliphatic carboxylic acids is 1. The molecule has 0 heterocycles. The number of hydrogen-bond donors (Lipinski definition) is 2. The highest BCUT2D eigenvalue weighted by Crippen LogP contribution is 1.97. The monoisotopic (exact) mass is 189 g/mol. The number of carbonyl (C=O) groups is 1. The van der Waals surface area contributed by atoms with Crippen LogP contribution in [0.3, 0.4) is 0 Å². The summed E-state index contributed by atoms with van der Waals surface area (Å²) in [6.45, 7) is 4.74. The molecule has 0 saturated heterocycles. The first kappa shape index (κ1) is 12.4. The molecule has 0 amide bonds. The van der Waals surface area contributed by atoms with Gasteiger partial charge in [-0.3, -0.25) is 4.79 Å². The average Bonchev–Trinajstić information content (AvgIpc) is 2.10. The third-order valence-corrected chi connectivity index (χ3v) is 2.04. The summed E-state index contributed by atoms with van der Waals surface area (Å²) in [4.78, 5) is 10.4. The lowest BCUT2D eigenvalue weighted by Crippen LogP contribution is -2.35. The highest BCUT2D eigenvalue weighted by Gasteiger charge is 2.12. The van der Waals surface area contributed by atoms with Crippen molar-refractivity contribution >= 4 is 5.97 Å². The number of ether oxygens (including phenoxy) is 1. The predicted octanol–water partition coefficient (Wildman–Crippen LogP) is 0.864. The van der Waals surface area contributed by atoms with Crippen LogP contribution in [0.1, 0.15) is 26.7 Å². The Morgan fingerprint density at radius 1 is 1.62 bits per heavy atom. The summed E-state index contributed by atoms with van der Waals surface area (Å²) in [5.41, 5.74) is 0. The van der Waals surface area contributed by atoms with E-state index in [0.29, 0.717) is 12.6 Å². The summed E-state index contributed by atoms with van der Waals surface area (Å²) in [5.74, 6) is -0.821. The van der Waals surface area contributed by atoms with Crippen LogP contribution in [-0.4, -0.2) is 36.9 Å². The van der Waals surface area contributed by atoms with Crippen molar-refractivity contribution < 1.29 is 14.6 Å². The van der Waals surface area contributed by atoms with Gasteiger partial charge in [0.05, 0.1) is 12.5 Å². The van der Waals surface area contributed by atoms with E-state index in [1.807, 2.05) is 0 Å². The Labute approximate surface area is 79.3 Å². The number of nitrogens with one attached hydrogen (secondary N) is 1. The second-order valence-corrected chi connectivity index (χ2v) is 3.17. The molecule has 0 aliphatic carbocycles. The second-order valence-electron chi connectivity index (χ2n) is 3.17. The number of rotatable bonds is 7. The first-order valence-electron chi connectivity index (χ1n) is 4.58. The first-order chi connectivity index (χ1) is 6.10. The Balaban J connectivity index is 3.65. The van der Waals surface area contributed by atoms with Crippen molar-refractivity contribution in [2.75, 3.05) is 13.7 Å². The molecule has 0 fully saturated rings. The van der Waals surface area contributed by atoms with Crippen molar-refractivity contribution in [3.63, 3.8) is 0 Å². The van der Waals surface area contributed by atoms with Gasteiger partial charge in [-0.15, -0.1) is 0 Å². The zero-order chi connectivity index (χ0) is 10.3. The molecular formula is C9H19NO3. The Bertz CT molecular complexity index is 150. The van der Waals surface area contributed by atoms with Crippen LogP contribution in [0.2, 0.25) is 0 Å². The lowest BCUT2D eigenvalue weighted by molar-refractivity contribution is -0.139. The molecule has 4 heteroatoms. The van der Waals surface area contributed by atoms with Crippen LogP contribution < -0.4 is 5.32 Å². The standard InChI is InChI=1S/C9H19NO3/c1-4-7(2)10-6-8(13-3)5-9(11)12/h7-8,10H,4-6H2,1-3H3,(H,11,12). The summed E-state index contributed by atoms with van der Waals surface area (Å²) in [6.07, 6.45) is 0.857. The van der Waals surface area contributed by atoms with E-state index < -0.39 is 5.97 Å². The number of carboxylic acid groups (broad SMARTS) is 1. The fourth-order valence-electron chi connectivity index (χ4n) is 0.911. The van der Waals surface area contributed by atoms with Gasteiger partial charge >= 0.3 is 5.97 Å². The SMILES string of the molecule is CCC(C)NCC(CC(=O)O)OC. The molecule has 0 rings (SSSR count). The Morgan fingerprint density at radius 3 is 2.62 bits per heavy atom. The molecule has 4 nitrogen and oxygen atoms in total. The topological polar surface area (TPSA) is 58.6 Å². The molecule has 0 aliphatic rings. The summed E-state index contributed by atoms with van der Waals surface area (Å²) in [7, 11) is 1.53. The van der Waals surface area contributed by atoms with Crippen LogP contribution in [0.4, 0.5) is 0 Å². The van der Waals surface area contributed by atoms with Gasteiger partial charge in [-0.2, -0.15) is 0 Å². The maximum Gasteiger partial charge on any atom is 0.306 e. The smallest absolute Gasteiger partial charge is 0.306 e. The number of hydrogen-bond acceptors (Lipinski definition) is 3. The van der Waals surface area contributed by atoms with E-state index >= 15 is 0 Å². The Kier molecular flexibility index (Phi) is 6.54. The van der Waals surface area contributed by atoms with Gasteiger partial charge in [0.25, 0.3) is 0 Å². The molecule has 0 aromatic heterocycles. The van der Waals surface area contributed by atoms with Gasteiger partial charge in [0.1, 0.15) is 0 Å². The highest BCUT2D eigenvalue weighted by atomic mass is 16.5. The molecule has 2 atom stereocenters. The molecule has 2 unspecified atom stereocenters. The van der Waals surface area contributed by atoms with E-state index in [1.54, 1.807) is 0 Å². The molecule has 0 saturated carbocycles. The molecular weight excluding hydrogens is 170 g/mol. The van der Waals surface area contributed by atoms with Gasteiger partial charge in [-0.05, 0) is 13.3 Å². The second kappa shape index (κ2) is 6.86. The zero-order valence-electron chi connectivity index (χ0n) is 8.54. The maximum absolute atomic E-state index is 10.4. The van der Waals surface area contributed by atoms with E-state index in [1.165, 1.54) is 7.11 Å². The van der Waals surface area contributed by atoms with Gasteiger partial charge in [-0.25, -0.2) is 0 Å². The molecule has 78 valence electrons. The van der Waals surface area contributed by atoms with E-state index in [0.717, 1.165) is 6.42 Å². The molecule has 0 spiro atoms. The van der Waals surface area contributed by atoms with Crippen LogP contribution >= 0.6 is 0 Å². The van der Waals surface area contributed by atoms with Crippen molar-refractivity contribution in [2.45, 2.75) is 38.8 Å². The summed E-state index contributed by atoms with van der Waals surface area (Å²) >= 11 is 0. The van der Waals surface area contributed by atoms with Crippen LogP contribution in [0.15, 0.2) is 0 Å². The summed E-state index contributed by atoms with van der Waals surface area (Å²) in [6, 6.07) is 0.409. The van der Waals surface area contributed by atoms with Crippen molar-refractivity contribution in [2.24, 2.45) is 0 Å². The van der Waals surface area contributed by atoms with Crippen molar-refractivity contribution in [3.8, 4) is 0 Å². The summed E-state index contributed by atoms with van der Waals surface area (Å²) < 4.78 is 5.01. The van der Waals surface area contributed by atoms with Gasteiger partial charge in [0.2, 0.25) is 0 Å². The maximum atomic E-state index is 10.4. The zero-order valence-corrected chi connectivity index (χ0v) is 8.54. The lowest BCUT2D eigenvalue weighted by Gasteiger charge is -2.17. The minimum atomic E-state index is -0.821. The third kappa shape index (κ3) is 6.54. The fraction of sp³-hybridized carbons (Fsp3) is 0.889. The predicted molar refractivity (Wildman–Crippen MR) is 50.8 cm³/mol. The van der Waals surface area contributed by atoms with Gasteiger partial charge < -0.3 is 15.2 Å². The molecule has 2 N–H and O–H groups in total. The van der Waals surface area contributed by atoms with Crippen molar-refractivity contribution in [1.29, 1.82) is 0 Å². The molecule has 0 radical (unpaired) electrons. The first-order valence-corrected chi connectivity index (χ1v) is 4.58. The minimum absolute atomic E-state index is 0.0555. The van der Waals surface area contributed by atoms with Gasteiger partial charge in [0, 0.05) is 19.7 Å². The average molecular weight is 189 g/mol. The van der Waals surface area contributed by atoms with Crippen LogP contribution in [0.25, 0.3) is 0 Å². The van der Waals surface area contributed by atoms with Gasteiger partial charge in [0.15, 0.2) is 0 Å². The number of methoxy groups -OCH3 is 1. The molecule has 0 aromatic carbocycles. The normalized spacial score (nSPS) is 15.3. The third-order valence-electron chi connectivity index (χ3n) is 2.04. The molecule has 0 aliphatic heterocycles. The minimum Gasteiger partial charge on any atom is -0.481 e. The van der Waals surface area contributed by atoms with Crippen molar-refractivity contribution in [3.05, 3.63) is 0 Å². The van der Waals surface area contributed by atoms with E-state index in [-0.39, 0.29) is 12.5 Å². The van der Waals surface area contributed by atoms with Crippen LogP contribution in [-0.2, 0) is 9.53 Å². The lowest BCUT2D eigenvalue weighted by atomic mass is 10.2. The Morgan fingerprint density at radius 2 is 2.23 bits per heavy atom. The quantitative estimate of drug-likeness (QED) is 0.623. The van der Waals surface area contributed by atoms with Crippen LogP contribution in [0, 0.1) is 0 Å². The fourth-order valence-corrected chi connectivity index (χ4v) is 0.911. The van der Waals surface area contributed by atoms with Crippen LogP contribution in [0.5, 0.6) is 0 Å².